The second-order valence-electron chi connectivity index (χ2n) is 9.74. The highest BCUT2D eigenvalue weighted by molar-refractivity contribution is 9.10. The van der Waals surface area contributed by atoms with Crippen LogP contribution in [0, 0.1) is 6.92 Å². The minimum atomic E-state index is -3.81. The van der Waals surface area contributed by atoms with Crippen molar-refractivity contribution in [2.75, 3.05) is 17.1 Å². The van der Waals surface area contributed by atoms with E-state index in [9.17, 15) is 18.0 Å². The topological polar surface area (TPSA) is 86.8 Å². The van der Waals surface area contributed by atoms with Crippen molar-refractivity contribution in [2.45, 2.75) is 71.0 Å². The van der Waals surface area contributed by atoms with Crippen molar-refractivity contribution in [3.05, 3.63) is 62.0 Å². The molecule has 0 saturated heterocycles. The Hall–Kier alpha value is -1.81. The molecule has 1 N–H and O–H groups in total. The van der Waals surface area contributed by atoms with E-state index in [0.717, 1.165) is 52.7 Å². The normalized spacial score (nSPS) is 15.1. The van der Waals surface area contributed by atoms with Crippen molar-refractivity contribution in [2.24, 2.45) is 0 Å². The molecule has 2 aromatic carbocycles. The number of carbonyl (C=O) groups excluding carboxylic acids is 2. The highest BCUT2D eigenvalue weighted by Gasteiger charge is 2.33. The van der Waals surface area contributed by atoms with Gasteiger partial charge in [-0.25, -0.2) is 8.42 Å². The number of aryl methyl sites for hydroxylation is 1. The van der Waals surface area contributed by atoms with Gasteiger partial charge in [0.25, 0.3) is 0 Å². The van der Waals surface area contributed by atoms with Gasteiger partial charge in [-0.2, -0.15) is 0 Å². The lowest BCUT2D eigenvalue weighted by molar-refractivity contribution is -0.140. The molecule has 1 fully saturated rings. The number of carbonyl (C=O) groups is 2. The van der Waals surface area contributed by atoms with Gasteiger partial charge in [0, 0.05) is 17.1 Å². The number of halogens is 3. The maximum Gasteiger partial charge on any atom is 0.244 e. The highest BCUT2D eigenvalue weighted by Crippen LogP contribution is 2.27. The van der Waals surface area contributed by atoms with E-state index in [-0.39, 0.29) is 18.5 Å². The molecule has 1 atom stereocenters. The molecule has 0 aromatic heterocycles. The summed E-state index contributed by atoms with van der Waals surface area (Å²) in [4.78, 5) is 28.7. The van der Waals surface area contributed by atoms with Crippen LogP contribution in [-0.2, 0) is 26.2 Å². The van der Waals surface area contributed by atoms with Crippen LogP contribution in [0.5, 0.6) is 0 Å². The van der Waals surface area contributed by atoms with Gasteiger partial charge < -0.3 is 10.2 Å². The molecule has 0 spiro atoms. The number of benzene rings is 2. The third-order valence-electron chi connectivity index (χ3n) is 6.78. The zero-order valence-corrected chi connectivity index (χ0v) is 25.8. The van der Waals surface area contributed by atoms with E-state index in [2.05, 4.69) is 21.2 Å². The third-order valence-corrected chi connectivity index (χ3v) is 9.55. The van der Waals surface area contributed by atoms with Crippen molar-refractivity contribution in [3.63, 3.8) is 0 Å². The third kappa shape index (κ3) is 8.10. The van der Waals surface area contributed by atoms with Crippen LogP contribution in [0.2, 0.25) is 10.0 Å². The fourth-order valence-corrected chi connectivity index (χ4v) is 6.10. The van der Waals surface area contributed by atoms with Crippen LogP contribution >= 0.6 is 39.1 Å². The standard InChI is InChI=1S/C27H34BrCl2N3O4S/c1-4-25(27(35)31-20-8-6-5-7-9-20)32(16-19-10-13-23(29)24(30)15-19)26(34)17-33(38(3,36)37)21-11-12-22(28)18(2)14-21/h10-15,20,25H,4-9,16-17H2,1-3H3,(H,31,35)/t25-/m0/s1. The Bertz CT molecular complexity index is 1270. The maximum atomic E-state index is 13.9. The van der Waals surface area contributed by atoms with Gasteiger partial charge in [-0.15, -0.1) is 0 Å². The van der Waals surface area contributed by atoms with Gasteiger partial charge in [-0.3, -0.25) is 13.9 Å². The molecule has 0 bridgehead atoms. The molecule has 2 amide bonds. The van der Waals surface area contributed by atoms with Crippen LogP contribution < -0.4 is 9.62 Å². The van der Waals surface area contributed by atoms with Crippen LogP contribution in [0.1, 0.15) is 56.6 Å². The SMILES string of the molecule is CC[C@@H](C(=O)NC1CCCCC1)N(Cc1ccc(Cl)c(Cl)c1)C(=O)CN(c1ccc(Br)c(C)c1)S(C)(=O)=O. The number of sulfonamides is 1. The molecule has 208 valence electrons. The lowest BCUT2D eigenvalue weighted by atomic mass is 9.95. The van der Waals surface area contributed by atoms with Gasteiger partial charge >= 0.3 is 0 Å². The zero-order valence-electron chi connectivity index (χ0n) is 21.8. The fraction of sp³-hybridized carbons (Fsp3) is 0.481. The Labute approximate surface area is 244 Å². The molecule has 1 aliphatic rings. The molecule has 38 heavy (non-hydrogen) atoms. The number of anilines is 1. The summed E-state index contributed by atoms with van der Waals surface area (Å²) in [7, 11) is -3.81. The van der Waals surface area contributed by atoms with Crippen molar-refractivity contribution >= 4 is 66.7 Å². The van der Waals surface area contributed by atoms with E-state index in [1.165, 1.54) is 4.90 Å². The lowest BCUT2D eigenvalue weighted by Crippen LogP contribution is -2.53. The molecule has 3 rings (SSSR count). The van der Waals surface area contributed by atoms with Gasteiger partial charge in [0.1, 0.15) is 12.6 Å². The molecule has 0 radical (unpaired) electrons. The number of hydrogen-bond acceptors (Lipinski definition) is 4. The fourth-order valence-electron chi connectivity index (χ4n) is 4.70. The van der Waals surface area contributed by atoms with Crippen molar-refractivity contribution in [1.29, 1.82) is 0 Å². The molecule has 1 aliphatic carbocycles. The number of rotatable bonds is 10. The number of nitrogens with one attached hydrogen (secondary N) is 1. The Morgan fingerprint density at radius 3 is 2.34 bits per heavy atom. The van der Waals surface area contributed by atoms with Crippen LogP contribution in [0.25, 0.3) is 0 Å². The molecular formula is C27H34BrCl2N3O4S. The van der Waals surface area contributed by atoms with Crippen molar-refractivity contribution in [3.8, 4) is 0 Å². The first-order valence-corrected chi connectivity index (χ1v) is 16.1. The Morgan fingerprint density at radius 2 is 1.76 bits per heavy atom. The second kappa shape index (κ2) is 13.5. The van der Waals surface area contributed by atoms with E-state index in [1.54, 1.807) is 36.4 Å². The van der Waals surface area contributed by atoms with Crippen molar-refractivity contribution in [1.82, 2.24) is 10.2 Å². The van der Waals surface area contributed by atoms with Crippen LogP contribution in [0.15, 0.2) is 40.9 Å². The van der Waals surface area contributed by atoms with Gasteiger partial charge in [0.15, 0.2) is 0 Å². The largest absolute Gasteiger partial charge is 0.352 e. The summed E-state index contributed by atoms with van der Waals surface area (Å²) in [5, 5.41) is 3.84. The van der Waals surface area contributed by atoms with E-state index < -0.39 is 28.5 Å². The van der Waals surface area contributed by atoms with Crippen LogP contribution in [0.3, 0.4) is 0 Å². The minimum absolute atomic E-state index is 0.0727. The average Bonchev–Trinajstić information content (AvgIpc) is 2.86. The van der Waals surface area contributed by atoms with Gasteiger partial charge in [0.05, 0.1) is 22.0 Å². The van der Waals surface area contributed by atoms with Gasteiger partial charge in [-0.05, 0) is 67.6 Å². The molecule has 0 aliphatic heterocycles. The molecular weight excluding hydrogens is 613 g/mol. The van der Waals surface area contributed by atoms with Gasteiger partial charge in [0.2, 0.25) is 21.8 Å². The van der Waals surface area contributed by atoms with E-state index in [1.807, 2.05) is 13.8 Å². The average molecular weight is 647 g/mol. The van der Waals surface area contributed by atoms with Crippen LogP contribution in [0.4, 0.5) is 5.69 Å². The summed E-state index contributed by atoms with van der Waals surface area (Å²) in [6, 6.07) is 9.41. The minimum Gasteiger partial charge on any atom is -0.352 e. The molecule has 0 heterocycles. The molecule has 0 unspecified atom stereocenters. The van der Waals surface area contributed by atoms with E-state index in [0.29, 0.717) is 27.7 Å². The second-order valence-corrected chi connectivity index (χ2v) is 13.3. The summed E-state index contributed by atoms with van der Waals surface area (Å²) < 4.78 is 27.5. The Kier molecular flexibility index (Phi) is 10.9. The quantitative estimate of drug-likeness (QED) is 0.339. The Morgan fingerprint density at radius 1 is 1.08 bits per heavy atom. The van der Waals surface area contributed by atoms with Gasteiger partial charge in [-0.1, -0.05) is 71.4 Å². The maximum absolute atomic E-state index is 13.9. The van der Waals surface area contributed by atoms with Crippen molar-refractivity contribution < 1.29 is 18.0 Å². The number of hydrogen-bond donors (Lipinski definition) is 1. The summed E-state index contributed by atoms with van der Waals surface area (Å²) in [6.45, 7) is 3.31. The lowest BCUT2D eigenvalue weighted by Gasteiger charge is -2.34. The molecule has 1 saturated carbocycles. The summed E-state index contributed by atoms with van der Waals surface area (Å²) in [5.41, 5.74) is 1.88. The first-order valence-electron chi connectivity index (χ1n) is 12.7. The predicted molar refractivity (Wildman–Crippen MR) is 157 cm³/mol. The Balaban J connectivity index is 1.94. The summed E-state index contributed by atoms with van der Waals surface area (Å²) in [5.74, 6) is -0.731. The predicted octanol–water partition coefficient (Wildman–Crippen LogP) is 6.09. The summed E-state index contributed by atoms with van der Waals surface area (Å²) in [6.07, 6.45) is 6.52. The number of nitrogens with zero attached hydrogens (tertiary/aromatic N) is 2. The highest BCUT2D eigenvalue weighted by atomic mass is 79.9. The first kappa shape index (κ1) is 30.7. The zero-order chi connectivity index (χ0) is 28.0. The molecule has 11 heteroatoms. The van der Waals surface area contributed by atoms with E-state index >= 15 is 0 Å². The first-order chi connectivity index (χ1) is 17.9. The smallest absolute Gasteiger partial charge is 0.244 e. The molecule has 7 nitrogen and oxygen atoms in total. The monoisotopic (exact) mass is 645 g/mol. The van der Waals surface area contributed by atoms with Crippen LogP contribution in [-0.4, -0.2) is 50.0 Å². The summed E-state index contributed by atoms with van der Waals surface area (Å²) >= 11 is 15.7. The van der Waals surface area contributed by atoms with E-state index in [4.69, 9.17) is 23.2 Å². The molecule has 2 aromatic rings. The number of amides is 2.